The van der Waals surface area contributed by atoms with Gasteiger partial charge in [-0.1, -0.05) is 25.4 Å². The zero-order chi connectivity index (χ0) is 14.4. The summed E-state index contributed by atoms with van der Waals surface area (Å²) in [7, 11) is 0. The SMILES string of the molecule is CC(C)CC(CN)CC(=O)Nc1ccc(Cl)cc1Br. The van der Waals surface area contributed by atoms with E-state index in [2.05, 4.69) is 35.1 Å². The van der Waals surface area contributed by atoms with Crippen LogP contribution in [0.15, 0.2) is 22.7 Å². The van der Waals surface area contributed by atoms with Crippen LogP contribution in [0.25, 0.3) is 0 Å². The van der Waals surface area contributed by atoms with E-state index in [-0.39, 0.29) is 11.8 Å². The molecule has 0 aromatic heterocycles. The van der Waals surface area contributed by atoms with Crippen LogP contribution < -0.4 is 11.1 Å². The molecule has 1 rings (SSSR count). The molecule has 0 aliphatic heterocycles. The highest BCUT2D eigenvalue weighted by Crippen LogP contribution is 2.26. The summed E-state index contributed by atoms with van der Waals surface area (Å²) >= 11 is 9.23. The van der Waals surface area contributed by atoms with E-state index in [4.69, 9.17) is 17.3 Å². The zero-order valence-corrected chi connectivity index (χ0v) is 13.6. The lowest BCUT2D eigenvalue weighted by atomic mass is 9.94. The molecule has 3 N–H and O–H groups in total. The largest absolute Gasteiger partial charge is 0.330 e. The normalized spacial score (nSPS) is 12.5. The Labute approximate surface area is 128 Å². The summed E-state index contributed by atoms with van der Waals surface area (Å²) < 4.78 is 0.779. The lowest BCUT2D eigenvalue weighted by Crippen LogP contribution is -2.23. The van der Waals surface area contributed by atoms with Gasteiger partial charge in [0.15, 0.2) is 0 Å². The number of anilines is 1. The van der Waals surface area contributed by atoms with Gasteiger partial charge in [0.25, 0.3) is 0 Å². The van der Waals surface area contributed by atoms with E-state index in [0.29, 0.717) is 23.9 Å². The third kappa shape index (κ3) is 5.93. The Balaban J connectivity index is 2.59. The van der Waals surface area contributed by atoms with Crippen molar-refractivity contribution in [2.45, 2.75) is 26.7 Å². The van der Waals surface area contributed by atoms with E-state index in [0.717, 1.165) is 16.6 Å². The molecule has 5 heteroatoms. The second kappa shape index (κ2) is 7.88. The number of nitrogens with one attached hydrogen (secondary N) is 1. The standard InChI is InChI=1S/C14H20BrClN2O/c1-9(2)5-10(8-17)6-14(19)18-13-4-3-11(16)7-12(13)15/h3-4,7,9-10H,5-6,8,17H2,1-2H3,(H,18,19). The van der Waals surface area contributed by atoms with Crippen molar-refractivity contribution in [2.24, 2.45) is 17.6 Å². The van der Waals surface area contributed by atoms with Gasteiger partial charge in [-0.2, -0.15) is 0 Å². The van der Waals surface area contributed by atoms with E-state index in [1.165, 1.54) is 0 Å². The predicted molar refractivity (Wildman–Crippen MR) is 84.4 cm³/mol. The van der Waals surface area contributed by atoms with Crippen LogP contribution in [-0.2, 0) is 4.79 Å². The molecule has 19 heavy (non-hydrogen) atoms. The first kappa shape index (κ1) is 16.5. The van der Waals surface area contributed by atoms with E-state index < -0.39 is 0 Å². The predicted octanol–water partition coefficient (Wildman–Crippen LogP) is 4.05. The molecule has 0 saturated heterocycles. The first-order chi connectivity index (χ1) is 8.92. The van der Waals surface area contributed by atoms with Crippen LogP contribution in [0.5, 0.6) is 0 Å². The van der Waals surface area contributed by atoms with E-state index >= 15 is 0 Å². The summed E-state index contributed by atoms with van der Waals surface area (Å²) in [6.07, 6.45) is 1.41. The molecule has 0 heterocycles. The summed E-state index contributed by atoms with van der Waals surface area (Å²) in [6.45, 7) is 4.81. The van der Waals surface area contributed by atoms with Gasteiger partial charge >= 0.3 is 0 Å². The third-order valence-corrected chi connectivity index (χ3v) is 3.71. The maximum Gasteiger partial charge on any atom is 0.224 e. The van der Waals surface area contributed by atoms with Gasteiger partial charge in [0, 0.05) is 15.9 Å². The number of nitrogens with two attached hydrogens (primary N) is 1. The number of hydrogen-bond acceptors (Lipinski definition) is 2. The minimum atomic E-state index is -0.0147. The molecule has 0 saturated carbocycles. The number of carbonyl (C=O) groups is 1. The van der Waals surface area contributed by atoms with E-state index in [9.17, 15) is 4.79 Å². The fourth-order valence-corrected chi connectivity index (χ4v) is 2.77. The van der Waals surface area contributed by atoms with Crippen LogP contribution in [0.4, 0.5) is 5.69 Å². The maximum atomic E-state index is 12.0. The Hall–Kier alpha value is -0.580. The van der Waals surface area contributed by atoms with Gasteiger partial charge in [0.1, 0.15) is 0 Å². The number of halogens is 2. The summed E-state index contributed by atoms with van der Waals surface area (Å²) in [5, 5.41) is 3.50. The summed E-state index contributed by atoms with van der Waals surface area (Å²) in [5.74, 6) is 0.758. The van der Waals surface area contributed by atoms with Crippen molar-refractivity contribution in [3.63, 3.8) is 0 Å². The van der Waals surface area contributed by atoms with Gasteiger partial charge in [-0.25, -0.2) is 0 Å². The fraction of sp³-hybridized carbons (Fsp3) is 0.500. The summed E-state index contributed by atoms with van der Waals surface area (Å²) in [5.41, 5.74) is 6.44. The van der Waals surface area contributed by atoms with Crippen molar-refractivity contribution in [1.82, 2.24) is 0 Å². The average molecular weight is 348 g/mol. The third-order valence-electron chi connectivity index (χ3n) is 2.82. The van der Waals surface area contributed by atoms with Crippen molar-refractivity contribution >= 4 is 39.1 Å². The highest BCUT2D eigenvalue weighted by molar-refractivity contribution is 9.10. The van der Waals surface area contributed by atoms with Crippen LogP contribution >= 0.6 is 27.5 Å². The molecule has 0 fully saturated rings. The molecule has 0 radical (unpaired) electrons. The molecule has 0 bridgehead atoms. The number of benzene rings is 1. The van der Waals surface area contributed by atoms with Gasteiger partial charge < -0.3 is 11.1 Å². The lowest BCUT2D eigenvalue weighted by Gasteiger charge is -2.17. The molecule has 1 unspecified atom stereocenters. The topological polar surface area (TPSA) is 55.1 Å². The van der Waals surface area contributed by atoms with Gasteiger partial charge in [-0.05, 0) is 58.9 Å². The molecular formula is C14H20BrClN2O. The number of amides is 1. The van der Waals surface area contributed by atoms with Crippen LogP contribution in [0.1, 0.15) is 26.7 Å². The molecule has 0 spiro atoms. The maximum absolute atomic E-state index is 12.0. The zero-order valence-electron chi connectivity index (χ0n) is 11.2. The van der Waals surface area contributed by atoms with Gasteiger partial charge in [0.2, 0.25) is 5.91 Å². The van der Waals surface area contributed by atoms with Crippen molar-refractivity contribution < 1.29 is 4.79 Å². The van der Waals surface area contributed by atoms with Crippen LogP contribution in [0, 0.1) is 11.8 Å². The Kier molecular flexibility index (Phi) is 6.83. The second-order valence-electron chi connectivity index (χ2n) is 5.11. The smallest absolute Gasteiger partial charge is 0.224 e. The second-order valence-corrected chi connectivity index (χ2v) is 6.40. The van der Waals surface area contributed by atoms with Crippen molar-refractivity contribution in [3.8, 4) is 0 Å². The minimum Gasteiger partial charge on any atom is -0.330 e. The van der Waals surface area contributed by atoms with Crippen molar-refractivity contribution in [2.75, 3.05) is 11.9 Å². The fourth-order valence-electron chi connectivity index (χ4n) is 1.98. The van der Waals surface area contributed by atoms with Gasteiger partial charge in [-0.15, -0.1) is 0 Å². The highest BCUT2D eigenvalue weighted by Gasteiger charge is 2.15. The van der Waals surface area contributed by atoms with Crippen molar-refractivity contribution in [3.05, 3.63) is 27.7 Å². The van der Waals surface area contributed by atoms with E-state index in [1.54, 1.807) is 18.2 Å². The molecule has 1 amide bonds. The monoisotopic (exact) mass is 346 g/mol. The van der Waals surface area contributed by atoms with Gasteiger partial charge in [0.05, 0.1) is 5.69 Å². The Morgan fingerprint density at radius 2 is 2.16 bits per heavy atom. The minimum absolute atomic E-state index is 0.0147. The molecule has 1 aromatic rings. The van der Waals surface area contributed by atoms with Crippen LogP contribution in [0.3, 0.4) is 0 Å². The molecule has 1 aromatic carbocycles. The number of hydrogen-bond donors (Lipinski definition) is 2. The molecule has 106 valence electrons. The molecule has 1 atom stereocenters. The van der Waals surface area contributed by atoms with Gasteiger partial charge in [-0.3, -0.25) is 4.79 Å². The summed E-state index contributed by atoms with van der Waals surface area (Å²) in [4.78, 5) is 12.0. The van der Waals surface area contributed by atoms with Crippen molar-refractivity contribution in [1.29, 1.82) is 0 Å². The molecule has 0 aliphatic rings. The van der Waals surface area contributed by atoms with E-state index in [1.807, 2.05) is 0 Å². The average Bonchev–Trinajstić information content (AvgIpc) is 2.31. The molecular weight excluding hydrogens is 328 g/mol. The van der Waals surface area contributed by atoms with Crippen LogP contribution in [0.2, 0.25) is 5.02 Å². The first-order valence-corrected chi connectivity index (χ1v) is 7.54. The number of rotatable bonds is 6. The first-order valence-electron chi connectivity index (χ1n) is 6.37. The Morgan fingerprint density at radius 1 is 1.47 bits per heavy atom. The van der Waals surface area contributed by atoms with Crippen LogP contribution in [-0.4, -0.2) is 12.5 Å². The lowest BCUT2D eigenvalue weighted by molar-refractivity contribution is -0.117. The molecule has 0 aliphatic carbocycles. The highest BCUT2D eigenvalue weighted by atomic mass is 79.9. The molecule has 3 nitrogen and oxygen atoms in total. The Morgan fingerprint density at radius 3 is 2.68 bits per heavy atom. The summed E-state index contributed by atoms with van der Waals surface area (Å²) in [6, 6.07) is 5.28. The number of carbonyl (C=O) groups excluding carboxylic acids is 1. The Bertz CT molecular complexity index is 437. The quantitative estimate of drug-likeness (QED) is 0.815.